The molecule has 1 aromatic heterocycles. The van der Waals surface area contributed by atoms with Crippen LogP contribution in [-0.4, -0.2) is 27.5 Å². The molecule has 1 atom stereocenters. The van der Waals surface area contributed by atoms with E-state index in [0.717, 1.165) is 0 Å². The predicted octanol–water partition coefficient (Wildman–Crippen LogP) is 1.54. The minimum Gasteiger partial charge on any atom is -0.293 e. The van der Waals surface area contributed by atoms with E-state index in [2.05, 4.69) is 42.1 Å². The molecule has 1 fully saturated rings. The first-order valence-corrected chi connectivity index (χ1v) is 5.92. The van der Waals surface area contributed by atoms with Crippen LogP contribution in [0.25, 0.3) is 0 Å². The average molecular weight is 334 g/mol. The molecule has 2 heterocycles. The molecule has 1 aliphatic rings. The number of alkyl halides is 1. The molecular formula is C8H6Br2N4O. The maximum absolute atomic E-state index is 11.6. The third-order valence-corrected chi connectivity index (χ3v) is 3.34. The maximum atomic E-state index is 11.6. The molecule has 1 amide bonds. The lowest BCUT2D eigenvalue weighted by Gasteiger charge is -2.11. The lowest BCUT2D eigenvalue weighted by molar-refractivity contribution is -0.117. The van der Waals surface area contributed by atoms with Gasteiger partial charge in [0.2, 0.25) is 5.91 Å². The number of aromatic nitrogens is 2. The molecule has 7 heteroatoms. The van der Waals surface area contributed by atoms with Crippen LogP contribution < -0.4 is 4.90 Å². The smallest absolute Gasteiger partial charge is 0.229 e. The lowest BCUT2D eigenvalue weighted by atomic mass is 10.3. The summed E-state index contributed by atoms with van der Waals surface area (Å²) in [5.74, 6) is 0.378. The van der Waals surface area contributed by atoms with Gasteiger partial charge in [-0.15, -0.1) is 0 Å². The van der Waals surface area contributed by atoms with Crippen molar-refractivity contribution in [2.45, 2.75) is 11.2 Å². The summed E-state index contributed by atoms with van der Waals surface area (Å²) in [5.41, 5.74) is 0.366. The number of H-pyrrole nitrogens is 1. The number of carbonyl (C=O) groups excluding carboxylic acids is 1. The van der Waals surface area contributed by atoms with Crippen molar-refractivity contribution in [2.75, 3.05) is 11.4 Å². The van der Waals surface area contributed by atoms with Crippen molar-refractivity contribution in [3.05, 3.63) is 10.2 Å². The number of rotatable bonds is 1. The van der Waals surface area contributed by atoms with Crippen molar-refractivity contribution in [2.24, 2.45) is 0 Å². The van der Waals surface area contributed by atoms with Crippen molar-refractivity contribution in [1.82, 2.24) is 10.2 Å². The fraction of sp³-hybridized carbons (Fsp3) is 0.375. The van der Waals surface area contributed by atoms with E-state index in [1.54, 1.807) is 0 Å². The number of halogens is 2. The standard InChI is InChI=1S/C8H6Br2N4O/c9-4-1-6(15)14(3-4)8-5(2-11)7(10)12-13-8/h4H,1,3H2,(H,12,13). The minimum atomic E-state index is -0.0209. The Morgan fingerprint density at radius 2 is 2.40 bits per heavy atom. The SMILES string of the molecule is N#Cc1c(N2CC(Br)CC2=O)n[nH]c1Br. The van der Waals surface area contributed by atoms with E-state index < -0.39 is 0 Å². The molecule has 0 aliphatic carbocycles. The second kappa shape index (κ2) is 3.94. The molecule has 0 radical (unpaired) electrons. The molecule has 0 bridgehead atoms. The molecule has 1 saturated heterocycles. The number of amides is 1. The normalized spacial score (nSPS) is 20.7. The van der Waals surface area contributed by atoms with Gasteiger partial charge in [-0.2, -0.15) is 10.4 Å². The largest absolute Gasteiger partial charge is 0.293 e. The zero-order valence-corrected chi connectivity index (χ0v) is 10.7. The lowest BCUT2D eigenvalue weighted by Crippen LogP contribution is -2.25. The van der Waals surface area contributed by atoms with Crippen molar-refractivity contribution in [3.63, 3.8) is 0 Å². The van der Waals surface area contributed by atoms with Crippen LogP contribution in [0.4, 0.5) is 5.82 Å². The van der Waals surface area contributed by atoms with Crippen LogP contribution in [0.2, 0.25) is 0 Å². The summed E-state index contributed by atoms with van der Waals surface area (Å²) in [6.45, 7) is 0.546. The van der Waals surface area contributed by atoms with E-state index in [9.17, 15) is 4.79 Å². The van der Waals surface area contributed by atoms with Gasteiger partial charge in [0.25, 0.3) is 0 Å². The number of nitrogens with zero attached hydrogens (tertiary/aromatic N) is 3. The quantitative estimate of drug-likeness (QED) is 0.792. The number of carbonyl (C=O) groups is 1. The van der Waals surface area contributed by atoms with Crippen molar-refractivity contribution in [3.8, 4) is 6.07 Å². The molecule has 15 heavy (non-hydrogen) atoms. The Bertz CT molecular complexity index is 450. The zero-order chi connectivity index (χ0) is 11.0. The summed E-state index contributed by atoms with van der Waals surface area (Å²) in [6.07, 6.45) is 0.440. The van der Waals surface area contributed by atoms with Gasteiger partial charge in [-0.1, -0.05) is 15.9 Å². The molecular weight excluding hydrogens is 328 g/mol. The van der Waals surface area contributed by atoms with Crippen LogP contribution in [0.5, 0.6) is 0 Å². The highest BCUT2D eigenvalue weighted by molar-refractivity contribution is 9.10. The molecule has 0 aromatic carbocycles. The molecule has 1 unspecified atom stereocenters. The minimum absolute atomic E-state index is 0.0209. The molecule has 1 N–H and O–H groups in total. The average Bonchev–Trinajstić information content (AvgIpc) is 2.69. The van der Waals surface area contributed by atoms with Gasteiger partial charge < -0.3 is 0 Å². The van der Waals surface area contributed by atoms with E-state index in [0.29, 0.717) is 29.0 Å². The summed E-state index contributed by atoms with van der Waals surface area (Å²) in [4.78, 5) is 13.2. The highest BCUT2D eigenvalue weighted by Gasteiger charge is 2.32. The predicted molar refractivity (Wildman–Crippen MR) is 60.7 cm³/mol. The Labute approximate surface area is 103 Å². The Hall–Kier alpha value is -0.870. The van der Waals surface area contributed by atoms with Crippen LogP contribution in [0.15, 0.2) is 4.60 Å². The zero-order valence-electron chi connectivity index (χ0n) is 7.50. The summed E-state index contributed by atoms with van der Waals surface area (Å²) in [6, 6.07) is 2.01. The van der Waals surface area contributed by atoms with Gasteiger partial charge in [0.15, 0.2) is 5.82 Å². The number of hydrogen-bond donors (Lipinski definition) is 1. The van der Waals surface area contributed by atoms with Gasteiger partial charge in [0, 0.05) is 17.8 Å². The Kier molecular flexibility index (Phi) is 2.80. The van der Waals surface area contributed by atoms with Crippen LogP contribution in [0.3, 0.4) is 0 Å². The summed E-state index contributed by atoms with van der Waals surface area (Å²) < 4.78 is 0.505. The van der Waals surface area contributed by atoms with E-state index in [1.165, 1.54) is 4.90 Å². The molecule has 1 aromatic rings. The third-order valence-electron chi connectivity index (χ3n) is 2.15. The Morgan fingerprint density at radius 3 is 2.93 bits per heavy atom. The molecule has 5 nitrogen and oxygen atoms in total. The number of nitrogens with one attached hydrogen (secondary N) is 1. The Balaban J connectivity index is 2.39. The highest BCUT2D eigenvalue weighted by atomic mass is 79.9. The fourth-order valence-corrected chi connectivity index (χ4v) is 2.40. The number of hydrogen-bond acceptors (Lipinski definition) is 3. The van der Waals surface area contributed by atoms with Crippen molar-refractivity contribution < 1.29 is 4.79 Å². The first kappa shape index (κ1) is 10.6. The van der Waals surface area contributed by atoms with Crippen molar-refractivity contribution >= 4 is 43.6 Å². The second-order valence-corrected chi connectivity index (χ2v) is 5.24. The molecule has 1 aliphatic heterocycles. The molecule has 0 saturated carbocycles. The van der Waals surface area contributed by atoms with Gasteiger partial charge in [0.1, 0.15) is 16.2 Å². The summed E-state index contributed by atoms with van der Waals surface area (Å²) >= 11 is 6.54. The van der Waals surface area contributed by atoms with E-state index in [1.807, 2.05) is 6.07 Å². The van der Waals surface area contributed by atoms with Crippen LogP contribution >= 0.6 is 31.9 Å². The van der Waals surface area contributed by atoms with Crippen LogP contribution in [0, 0.1) is 11.3 Å². The van der Waals surface area contributed by atoms with Crippen LogP contribution in [0.1, 0.15) is 12.0 Å². The summed E-state index contributed by atoms with van der Waals surface area (Å²) in [5, 5.41) is 15.5. The first-order chi connectivity index (χ1) is 7.13. The molecule has 2 rings (SSSR count). The van der Waals surface area contributed by atoms with E-state index in [4.69, 9.17) is 5.26 Å². The van der Waals surface area contributed by atoms with Crippen molar-refractivity contribution in [1.29, 1.82) is 5.26 Å². The molecule has 78 valence electrons. The molecule has 0 spiro atoms. The number of aromatic amines is 1. The van der Waals surface area contributed by atoms with Gasteiger partial charge >= 0.3 is 0 Å². The fourth-order valence-electron chi connectivity index (χ4n) is 1.48. The topological polar surface area (TPSA) is 72.8 Å². The van der Waals surface area contributed by atoms with Gasteiger partial charge in [0.05, 0.1) is 0 Å². The third kappa shape index (κ3) is 1.79. The highest BCUT2D eigenvalue weighted by Crippen LogP contribution is 2.29. The second-order valence-electron chi connectivity index (χ2n) is 3.15. The monoisotopic (exact) mass is 332 g/mol. The number of anilines is 1. The van der Waals surface area contributed by atoms with Crippen LogP contribution in [-0.2, 0) is 4.79 Å². The van der Waals surface area contributed by atoms with E-state index in [-0.39, 0.29) is 10.7 Å². The van der Waals surface area contributed by atoms with E-state index >= 15 is 0 Å². The summed E-state index contributed by atoms with van der Waals surface area (Å²) in [7, 11) is 0. The number of nitriles is 1. The van der Waals surface area contributed by atoms with Gasteiger partial charge in [-0.05, 0) is 15.9 Å². The van der Waals surface area contributed by atoms with Gasteiger partial charge in [-0.3, -0.25) is 14.8 Å². The Morgan fingerprint density at radius 1 is 1.67 bits per heavy atom. The first-order valence-electron chi connectivity index (χ1n) is 4.22. The maximum Gasteiger partial charge on any atom is 0.229 e. The van der Waals surface area contributed by atoms with Gasteiger partial charge in [-0.25, -0.2) is 0 Å².